The molecule has 0 aliphatic heterocycles. The first-order chi connectivity index (χ1) is 4.84. The Hall–Kier alpha value is -0.780. The third-order valence-electron chi connectivity index (χ3n) is 1.68. The molecule has 0 heterocycles. The van der Waals surface area contributed by atoms with Gasteiger partial charge in [-0.25, -0.2) is 0 Å². The first-order valence-corrected chi connectivity index (χ1v) is 3.80. The van der Waals surface area contributed by atoms with Gasteiger partial charge in [0, 0.05) is 0 Å². The fourth-order valence-corrected chi connectivity index (χ4v) is 1.07. The maximum absolute atomic E-state index is 3.24. The lowest BCUT2D eigenvalue weighted by atomic mass is 10.1. The quantitative estimate of drug-likeness (QED) is 0.582. The monoisotopic (exact) mass is 133 g/mol. The third-order valence-corrected chi connectivity index (χ3v) is 1.68. The van der Waals surface area contributed by atoms with Gasteiger partial charge in [-0.05, 0) is 30.5 Å². The van der Waals surface area contributed by atoms with Gasteiger partial charge >= 0.3 is 0 Å². The van der Waals surface area contributed by atoms with Crippen molar-refractivity contribution in [1.82, 2.24) is 0 Å². The highest BCUT2D eigenvalue weighted by Gasteiger charge is 1.93. The maximum atomic E-state index is 3.24. The predicted molar refractivity (Wildman–Crippen MR) is 44.0 cm³/mol. The van der Waals surface area contributed by atoms with Gasteiger partial charge in [0.25, 0.3) is 0 Å². The number of aryl methyl sites for hydroxylation is 2. The zero-order chi connectivity index (χ0) is 7.40. The van der Waals surface area contributed by atoms with Crippen LogP contribution < -0.4 is 0 Å². The van der Waals surface area contributed by atoms with Crippen molar-refractivity contribution < 1.29 is 0 Å². The molecule has 0 atom stereocenters. The van der Waals surface area contributed by atoms with Crippen molar-refractivity contribution in [2.45, 2.75) is 26.7 Å². The van der Waals surface area contributed by atoms with Crippen LogP contribution in [0.5, 0.6) is 0 Å². The van der Waals surface area contributed by atoms with Gasteiger partial charge in [-0.2, -0.15) is 0 Å². The molecular formula is C10H13. The fraction of sp³-hybridized carbons (Fsp3) is 0.400. The summed E-state index contributed by atoms with van der Waals surface area (Å²) in [6.45, 7) is 4.34. The van der Waals surface area contributed by atoms with Gasteiger partial charge in [-0.1, -0.05) is 31.5 Å². The second-order valence-corrected chi connectivity index (χ2v) is 2.58. The largest absolute Gasteiger partial charge is 0.0651 e. The highest BCUT2D eigenvalue weighted by atomic mass is 14.0. The molecule has 0 bridgehead atoms. The Labute approximate surface area is 62.9 Å². The van der Waals surface area contributed by atoms with Crippen LogP contribution in [0.3, 0.4) is 0 Å². The SMILES string of the molecule is CCCc1[c]cccc1C. The number of hydrogen-bond acceptors (Lipinski definition) is 0. The summed E-state index contributed by atoms with van der Waals surface area (Å²) in [5, 5.41) is 0. The van der Waals surface area contributed by atoms with Crippen molar-refractivity contribution in [3.05, 3.63) is 35.4 Å². The Kier molecular flexibility index (Phi) is 2.49. The molecule has 0 nitrogen and oxygen atoms in total. The van der Waals surface area contributed by atoms with E-state index in [-0.39, 0.29) is 0 Å². The lowest BCUT2D eigenvalue weighted by Crippen LogP contribution is -1.86. The van der Waals surface area contributed by atoms with Crippen LogP contribution in [-0.2, 0) is 6.42 Å². The Morgan fingerprint density at radius 3 is 2.90 bits per heavy atom. The molecule has 0 fully saturated rings. The molecule has 0 aliphatic carbocycles. The van der Waals surface area contributed by atoms with Gasteiger partial charge in [0.05, 0.1) is 0 Å². The highest BCUT2D eigenvalue weighted by Crippen LogP contribution is 2.07. The van der Waals surface area contributed by atoms with Crippen LogP contribution in [-0.4, -0.2) is 0 Å². The minimum atomic E-state index is 1.16. The molecule has 0 heteroatoms. The van der Waals surface area contributed by atoms with E-state index in [0.29, 0.717) is 0 Å². The summed E-state index contributed by atoms with van der Waals surface area (Å²) in [4.78, 5) is 0. The van der Waals surface area contributed by atoms with Crippen LogP contribution in [0, 0.1) is 13.0 Å². The second-order valence-electron chi connectivity index (χ2n) is 2.58. The van der Waals surface area contributed by atoms with Crippen molar-refractivity contribution in [2.24, 2.45) is 0 Å². The van der Waals surface area contributed by atoms with E-state index in [1.54, 1.807) is 0 Å². The summed E-state index contributed by atoms with van der Waals surface area (Å²) in [6.07, 6.45) is 2.37. The highest BCUT2D eigenvalue weighted by molar-refractivity contribution is 5.24. The van der Waals surface area contributed by atoms with Crippen LogP contribution in [0.2, 0.25) is 0 Å². The van der Waals surface area contributed by atoms with Gasteiger partial charge in [0.2, 0.25) is 0 Å². The Morgan fingerprint density at radius 1 is 1.50 bits per heavy atom. The second kappa shape index (κ2) is 3.40. The molecule has 1 rings (SSSR count). The predicted octanol–water partition coefficient (Wildman–Crippen LogP) is 2.75. The molecule has 1 aromatic rings. The number of benzene rings is 1. The van der Waals surface area contributed by atoms with Gasteiger partial charge in [-0.3, -0.25) is 0 Å². The van der Waals surface area contributed by atoms with E-state index < -0.39 is 0 Å². The molecule has 0 amide bonds. The molecule has 0 unspecified atom stereocenters. The van der Waals surface area contributed by atoms with Gasteiger partial charge in [-0.15, -0.1) is 0 Å². The average molecular weight is 133 g/mol. The number of rotatable bonds is 2. The summed E-state index contributed by atoms with van der Waals surface area (Å²) in [5.74, 6) is 0. The Morgan fingerprint density at radius 2 is 2.30 bits per heavy atom. The normalized spacial score (nSPS) is 9.80. The van der Waals surface area contributed by atoms with Gasteiger partial charge in [0.1, 0.15) is 0 Å². The third kappa shape index (κ3) is 1.60. The maximum Gasteiger partial charge on any atom is -0.0146 e. The molecule has 0 saturated carbocycles. The molecule has 0 aromatic heterocycles. The fourth-order valence-electron chi connectivity index (χ4n) is 1.07. The van der Waals surface area contributed by atoms with Crippen molar-refractivity contribution in [3.63, 3.8) is 0 Å². The summed E-state index contributed by atoms with van der Waals surface area (Å²) in [6, 6.07) is 9.40. The molecule has 1 aromatic carbocycles. The van der Waals surface area contributed by atoms with Crippen molar-refractivity contribution >= 4 is 0 Å². The van der Waals surface area contributed by atoms with E-state index in [4.69, 9.17) is 0 Å². The van der Waals surface area contributed by atoms with E-state index >= 15 is 0 Å². The molecule has 53 valence electrons. The molecular weight excluding hydrogens is 120 g/mol. The minimum Gasteiger partial charge on any atom is -0.0651 e. The minimum absolute atomic E-state index is 1.16. The van der Waals surface area contributed by atoms with Crippen LogP contribution in [0.1, 0.15) is 24.5 Å². The van der Waals surface area contributed by atoms with Crippen molar-refractivity contribution in [1.29, 1.82) is 0 Å². The molecule has 0 aliphatic rings. The first-order valence-electron chi connectivity index (χ1n) is 3.80. The lowest BCUT2D eigenvalue weighted by Gasteiger charge is -2.00. The zero-order valence-electron chi connectivity index (χ0n) is 6.65. The van der Waals surface area contributed by atoms with E-state index in [1.165, 1.54) is 17.5 Å². The van der Waals surface area contributed by atoms with E-state index in [1.807, 2.05) is 12.1 Å². The molecule has 10 heavy (non-hydrogen) atoms. The van der Waals surface area contributed by atoms with Gasteiger partial charge < -0.3 is 0 Å². The van der Waals surface area contributed by atoms with E-state index in [9.17, 15) is 0 Å². The average Bonchev–Trinajstić information content (AvgIpc) is 1.94. The van der Waals surface area contributed by atoms with Crippen LogP contribution in [0.15, 0.2) is 18.2 Å². The zero-order valence-corrected chi connectivity index (χ0v) is 6.65. The standard InChI is InChI=1S/C10H13/c1-3-6-10-8-5-4-7-9(10)2/h4-5,7H,3,6H2,1-2H3. The first kappa shape index (κ1) is 7.33. The molecule has 0 saturated heterocycles. The summed E-state index contributed by atoms with van der Waals surface area (Å²) in [5.41, 5.74) is 2.73. The Balaban J connectivity index is 2.81. The number of hydrogen-bond donors (Lipinski definition) is 0. The molecule has 0 N–H and O–H groups in total. The Bertz CT molecular complexity index is 201. The molecule has 1 radical (unpaired) electrons. The summed E-state index contributed by atoms with van der Waals surface area (Å²) < 4.78 is 0. The van der Waals surface area contributed by atoms with Crippen molar-refractivity contribution in [3.8, 4) is 0 Å². The van der Waals surface area contributed by atoms with Gasteiger partial charge in [0.15, 0.2) is 0 Å². The van der Waals surface area contributed by atoms with Crippen LogP contribution >= 0.6 is 0 Å². The lowest BCUT2D eigenvalue weighted by molar-refractivity contribution is 0.911. The summed E-state index contributed by atoms with van der Waals surface area (Å²) >= 11 is 0. The molecule has 0 spiro atoms. The van der Waals surface area contributed by atoms with Crippen LogP contribution in [0.4, 0.5) is 0 Å². The van der Waals surface area contributed by atoms with E-state index in [0.717, 1.165) is 6.42 Å². The van der Waals surface area contributed by atoms with Crippen LogP contribution in [0.25, 0.3) is 0 Å². The van der Waals surface area contributed by atoms with Crippen molar-refractivity contribution in [2.75, 3.05) is 0 Å². The van der Waals surface area contributed by atoms with E-state index in [2.05, 4.69) is 26.0 Å². The summed E-state index contributed by atoms with van der Waals surface area (Å²) in [7, 11) is 0. The topological polar surface area (TPSA) is 0 Å². The smallest absolute Gasteiger partial charge is 0.0146 e.